The Kier molecular flexibility index (Phi) is 8.25. The standard InChI is InChI=1S/C37H42N6O2/c1-26-19-30(37(45)43-24-32-21-38-40(2)36(32)39-34-9-5-6-10-35(34)43)12-11-29(26)20-33(44)25-41-16-13-27(14-17-41)22-42-18-15-28-7-3-4-8-31(28)23-42/h3-12,19,21,27,39H,13-18,20,22-25H2,1-2H3. The average Bonchev–Trinajstić information content (AvgIpc) is 3.29. The predicted molar refractivity (Wildman–Crippen MR) is 178 cm³/mol. The van der Waals surface area contributed by atoms with Gasteiger partial charge >= 0.3 is 0 Å². The van der Waals surface area contributed by atoms with E-state index >= 15 is 0 Å². The smallest absolute Gasteiger partial charge is 0.258 e. The van der Waals surface area contributed by atoms with Crippen LogP contribution in [-0.2, 0) is 37.8 Å². The van der Waals surface area contributed by atoms with Gasteiger partial charge in [-0.1, -0.05) is 42.5 Å². The Hall–Kier alpha value is -4.27. The average molecular weight is 603 g/mol. The molecule has 7 rings (SSSR count). The Balaban J connectivity index is 0.938. The van der Waals surface area contributed by atoms with Gasteiger partial charge in [-0.25, -0.2) is 0 Å². The molecular weight excluding hydrogens is 560 g/mol. The lowest BCUT2D eigenvalue weighted by Gasteiger charge is -2.36. The molecule has 8 nitrogen and oxygen atoms in total. The van der Waals surface area contributed by atoms with Gasteiger partial charge in [-0.2, -0.15) is 5.10 Å². The Labute approximate surface area is 265 Å². The van der Waals surface area contributed by atoms with Crippen molar-refractivity contribution in [2.24, 2.45) is 13.0 Å². The lowest BCUT2D eigenvalue weighted by atomic mass is 9.93. The quantitative estimate of drug-likeness (QED) is 0.301. The number of carbonyl (C=O) groups excluding carboxylic acids is 2. The summed E-state index contributed by atoms with van der Waals surface area (Å²) in [5.41, 5.74) is 8.22. The van der Waals surface area contributed by atoms with E-state index in [9.17, 15) is 9.59 Å². The number of ketones is 1. The number of carbonyl (C=O) groups is 2. The van der Waals surface area contributed by atoms with Gasteiger partial charge in [0.15, 0.2) is 5.78 Å². The van der Waals surface area contributed by atoms with E-state index in [1.165, 1.54) is 11.1 Å². The highest BCUT2D eigenvalue weighted by molar-refractivity contribution is 6.08. The molecule has 1 fully saturated rings. The van der Waals surface area contributed by atoms with Gasteiger partial charge in [0.25, 0.3) is 5.91 Å². The van der Waals surface area contributed by atoms with Crippen LogP contribution in [0.3, 0.4) is 0 Å². The fourth-order valence-corrected chi connectivity index (χ4v) is 7.24. The van der Waals surface area contributed by atoms with Gasteiger partial charge in [0, 0.05) is 44.2 Å². The van der Waals surface area contributed by atoms with Crippen LogP contribution in [0.5, 0.6) is 0 Å². The van der Waals surface area contributed by atoms with Crippen LogP contribution in [-0.4, -0.2) is 64.0 Å². The van der Waals surface area contributed by atoms with E-state index in [-0.39, 0.29) is 11.7 Å². The molecule has 1 amide bonds. The topological polar surface area (TPSA) is 73.7 Å². The fraction of sp³-hybridized carbons (Fsp3) is 0.378. The third-order valence-corrected chi connectivity index (χ3v) is 9.85. The summed E-state index contributed by atoms with van der Waals surface area (Å²) in [4.78, 5) is 33.8. The van der Waals surface area contributed by atoms with Crippen LogP contribution in [0.25, 0.3) is 0 Å². The van der Waals surface area contributed by atoms with Crippen LogP contribution >= 0.6 is 0 Å². The SMILES string of the molecule is Cc1cc(C(=O)N2Cc3cnn(C)c3Nc3ccccc32)ccc1CC(=O)CN1CCC(CN2CCc3ccccc3C2)CC1. The van der Waals surface area contributed by atoms with Crippen molar-refractivity contribution in [1.29, 1.82) is 0 Å². The molecule has 8 heteroatoms. The lowest BCUT2D eigenvalue weighted by Crippen LogP contribution is -2.42. The fourth-order valence-electron chi connectivity index (χ4n) is 7.24. The first-order chi connectivity index (χ1) is 21.9. The third kappa shape index (κ3) is 6.30. The second-order valence-electron chi connectivity index (χ2n) is 13.0. The molecule has 4 heterocycles. The molecule has 0 unspecified atom stereocenters. The minimum Gasteiger partial charge on any atom is -0.338 e. The molecule has 3 aliphatic heterocycles. The Morgan fingerprint density at radius 2 is 1.67 bits per heavy atom. The van der Waals surface area contributed by atoms with Crippen LogP contribution in [0, 0.1) is 12.8 Å². The molecule has 0 saturated carbocycles. The summed E-state index contributed by atoms with van der Waals surface area (Å²) in [7, 11) is 1.90. The number of nitrogens with zero attached hydrogens (tertiary/aromatic N) is 5. The van der Waals surface area contributed by atoms with Gasteiger partial charge in [-0.05, 0) is 91.7 Å². The van der Waals surface area contributed by atoms with E-state index in [1.54, 1.807) is 4.68 Å². The van der Waals surface area contributed by atoms with Crippen molar-refractivity contribution in [3.05, 3.63) is 106 Å². The number of anilines is 3. The largest absolute Gasteiger partial charge is 0.338 e. The van der Waals surface area contributed by atoms with Crippen molar-refractivity contribution in [3.8, 4) is 0 Å². The summed E-state index contributed by atoms with van der Waals surface area (Å²) in [6.45, 7) is 8.25. The molecule has 0 atom stereocenters. The van der Waals surface area contributed by atoms with Crippen LogP contribution in [0.1, 0.15) is 51.0 Å². The summed E-state index contributed by atoms with van der Waals surface area (Å²) in [5.74, 6) is 1.75. The summed E-state index contributed by atoms with van der Waals surface area (Å²) in [5, 5.41) is 7.84. The van der Waals surface area contributed by atoms with E-state index in [0.717, 1.165) is 85.9 Å². The number of aryl methyl sites for hydroxylation is 2. The van der Waals surface area contributed by atoms with Crippen LogP contribution < -0.4 is 10.2 Å². The molecule has 4 aromatic rings. The van der Waals surface area contributed by atoms with Crippen molar-refractivity contribution in [3.63, 3.8) is 0 Å². The molecule has 1 saturated heterocycles. The molecule has 232 valence electrons. The molecule has 3 aromatic carbocycles. The van der Waals surface area contributed by atoms with Crippen molar-refractivity contribution in [1.82, 2.24) is 19.6 Å². The van der Waals surface area contributed by atoms with Crippen molar-refractivity contribution in [2.45, 2.75) is 45.7 Å². The van der Waals surface area contributed by atoms with Crippen LogP contribution in [0.15, 0.2) is 72.9 Å². The number of piperidine rings is 1. The van der Waals surface area contributed by atoms with E-state index in [0.29, 0.717) is 31.0 Å². The molecule has 0 bridgehead atoms. The number of likely N-dealkylation sites (tertiary alicyclic amines) is 1. The highest BCUT2D eigenvalue weighted by atomic mass is 16.2. The Morgan fingerprint density at radius 3 is 2.49 bits per heavy atom. The zero-order valence-electron chi connectivity index (χ0n) is 26.3. The number of hydrogen-bond donors (Lipinski definition) is 1. The molecular formula is C37H42N6O2. The number of rotatable bonds is 7. The third-order valence-electron chi connectivity index (χ3n) is 9.85. The first-order valence-electron chi connectivity index (χ1n) is 16.2. The number of hydrogen-bond acceptors (Lipinski definition) is 6. The zero-order valence-corrected chi connectivity index (χ0v) is 26.3. The van der Waals surface area contributed by atoms with Gasteiger partial charge in [0.1, 0.15) is 5.82 Å². The lowest BCUT2D eigenvalue weighted by molar-refractivity contribution is -0.119. The second-order valence-corrected chi connectivity index (χ2v) is 13.0. The maximum atomic E-state index is 13.9. The summed E-state index contributed by atoms with van der Waals surface area (Å²) < 4.78 is 1.80. The number of Topliss-reactive ketones (excluding diaryl/α,β-unsaturated/α-hetero) is 1. The van der Waals surface area contributed by atoms with Crippen LogP contribution in [0.2, 0.25) is 0 Å². The molecule has 3 aliphatic rings. The molecule has 1 N–H and O–H groups in total. The van der Waals surface area contributed by atoms with Crippen molar-refractivity contribution >= 4 is 28.9 Å². The molecule has 0 aliphatic carbocycles. The second kappa shape index (κ2) is 12.6. The monoisotopic (exact) mass is 602 g/mol. The van der Waals surface area contributed by atoms with E-state index in [4.69, 9.17) is 0 Å². The van der Waals surface area contributed by atoms with Gasteiger partial charge < -0.3 is 10.2 Å². The Bertz CT molecular complexity index is 1720. The Morgan fingerprint density at radius 1 is 0.889 bits per heavy atom. The van der Waals surface area contributed by atoms with E-state index in [2.05, 4.69) is 44.5 Å². The number of amides is 1. The number of aromatic nitrogens is 2. The summed E-state index contributed by atoms with van der Waals surface area (Å²) in [6.07, 6.45) is 5.65. The maximum Gasteiger partial charge on any atom is 0.258 e. The normalized spacial score (nSPS) is 17.2. The number of nitrogens with one attached hydrogen (secondary N) is 1. The van der Waals surface area contributed by atoms with Crippen LogP contribution in [0.4, 0.5) is 17.2 Å². The number of benzene rings is 3. The van der Waals surface area contributed by atoms with Gasteiger partial charge in [-0.3, -0.25) is 24.1 Å². The summed E-state index contributed by atoms with van der Waals surface area (Å²) in [6, 6.07) is 22.5. The predicted octanol–water partition coefficient (Wildman–Crippen LogP) is 5.51. The van der Waals surface area contributed by atoms with Gasteiger partial charge in [-0.15, -0.1) is 0 Å². The molecule has 1 aromatic heterocycles. The van der Waals surface area contributed by atoms with E-state index in [1.807, 2.05) is 67.5 Å². The van der Waals surface area contributed by atoms with Gasteiger partial charge in [0.2, 0.25) is 0 Å². The zero-order chi connectivity index (χ0) is 30.9. The highest BCUT2D eigenvalue weighted by Gasteiger charge is 2.28. The first kappa shape index (κ1) is 29.4. The summed E-state index contributed by atoms with van der Waals surface area (Å²) >= 11 is 0. The minimum absolute atomic E-state index is 0.0708. The maximum absolute atomic E-state index is 13.9. The molecule has 0 spiro atoms. The van der Waals surface area contributed by atoms with E-state index < -0.39 is 0 Å². The number of fused-ring (bicyclic) bond motifs is 3. The highest BCUT2D eigenvalue weighted by Crippen LogP contribution is 2.36. The molecule has 45 heavy (non-hydrogen) atoms. The van der Waals surface area contributed by atoms with Crippen molar-refractivity contribution in [2.75, 3.05) is 42.9 Å². The minimum atomic E-state index is -0.0708. The molecule has 0 radical (unpaired) electrons. The van der Waals surface area contributed by atoms with Gasteiger partial charge in [0.05, 0.1) is 30.7 Å². The number of para-hydroxylation sites is 2. The van der Waals surface area contributed by atoms with Crippen molar-refractivity contribution < 1.29 is 9.59 Å². The first-order valence-corrected chi connectivity index (χ1v) is 16.2.